The van der Waals surface area contributed by atoms with Crippen molar-refractivity contribution in [1.82, 2.24) is 24.6 Å². The predicted molar refractivity (Wildman–Crippen MR) is 104 cm³/mol. The van der Waals surface area contributed by atoms with E-state index in [-0.39, 0.29) is 29.7 Å². The molecular weight excluding hydrogens is 397 g/mol. The molecule has 0 spiro atoms. The number of rotatable bonds is 2. The van der Waals surface area contributed by atoms with Gasteiger partial charge in [0.1, 0.15) is 12.1 Å². The Bertz CT molecular complexity index is 921. The number of aromatic nitrogens is 4. The second-order valence-corrected chi connectivity index (χ2v) is 9.12. The van der Waals surface area contributed by atoms with E-state index in [2.05, 4.69) is 20.4 Å². The fourth-order valence-electron chi connectivity index (χ4n) is 4.14. The van der Waals surface area contributed by atoms with Crippen LogP contribution in [0.25, 0.3) is 0 Å². The number of fused-ring (bicyclic) bond motifs is 1. The molecule has 4 heterocycles. The van der Waals surface area contributed by atoms with E-state index < -0.39 is 12.2 Å². The molecule has 0 aliphatic carbocycles. The summed E-state index contributed by atoms with van der Waals surface area (Å²) in [6.07, 6.45) is 0.480. The van der Waals surface area contributed by atoms with Gasteiger partial charge in [0.15, 0.2) is 6.04 Å². The number of carbonyl (C=O) groups is 1. The number of nitrogens with one attached hydrogen (secondary N) is 1. The van der Waals surface area contributed by atoms with Gasteiger partial charge < -0.3 is 10.2 Å². The Morgan fingerprint density at radius 2 is 1.90 bits per heavy atom. The molecule has 1 N–H and O–H groups in total. The van der Waals surface area contributed by atoms with E-state index >= 15 is 0 Å². The molecule has 30 heavy (non-hydrogen) atoms. The van der Waals surface area contributed by atoms with Crippen molar-refractivity contribution in [2.75, 3.05) is 18.4 Å². The van der Waals surface area contributed by atoms with Crippen molar-refractivity contribution in [2.24, 2.45) is 5.41 Å². The van der Waals surface area contributed by atoms with Gasteiger partial charge >= 0.3 is 6.18 Å². The van der Waals surface area contributed by atoms with Crippen molar-refractivity contribution in [3.63, 3.8) is 0 Å². The Morgan fingerprint density at radius 1 is 1.20 bits per heavy atom. The molecule has 2 aromatic rings. The SMILES string of the molecule is CC(C)(C)[C@@H]1C[C@H](C(F)(F)F)n2nc(C3CCN(C(=O)c4cncnc4)C3)cc2N1. The van der Waals surface area contributed by atoms with Crippen LogP contribution in [0.15, 0.2) is 24.8 Å². The quantitative estimate of drug-likeness (QED) is 0.800. The summed E-state index contributed by atoms with van der Waals surface area (Å²) >= 11 is 0. The average Bonchev–Trinajstić information content (AvgIpc) is 3.32. The minimum absolute atomic E-state index is 0.0651. The monoisotopic (exact) mass is 422 g/mol. The Balaban J connectivity index is 1.56. The van der Waals surface area contributed by atoms with Crippen LogP contribution in [-0.4, -0.2) is 55.9 Å². The summed E-state index contributed by atoms with van der Waals surface area (Å²) in [7, 11) is 0. The van der Waals surface area contributed by atoms with Gasteiger partial charge in [0.25, 0.3) is 5.91 Å². The van der Waals surface area contributed by atoms with Gasteiger partial charge in [-0.2, -0.15) is 18.3 Å². The molecule has 4 rings (SSSR count). The van der Waals surface area contributed by atoms with Crippen molar-refractivity contribution >= 4 is 11.7 Å². The van der Waals surface area contributed by atoms with Crippen LogP contribution >= 0.6 is 0 Å². The molecule has 0 aromatic carbocycles. The van der Waals surface area contributed by atoms with Gasteiger partial charge in [-0.25, -0.2) is 14.6 Å². The summed E-state index contributed by atoms with van der Waals surface area (Å²) in [6, 6.07) is -0.269. The van der Waals surface area contributed by atoms with Crippen molar-refractivity contribution in [1.29, 1.82) is 0 Å². The summed E-state index contributed by atoms with van der Waals surface area (Å²) in [5, 5.41) is 7.58. The van der Waals surface area contributed by atoms with Gasteiger partial charge in [0, 0.05) is 43.5 Å². The molecule has 3 atom stereocenters. The molecule has 162 valence electrons. The van der Waals surface area contributed by atoms with Gasteiger partial charge in [-0.3, -0.25) is 4.79 Å². The highest BCUT2D eigenvalue weighted by Crippen LogP contribution is 2.44. The standard InChI is InChI=1S/C20H25F3N6O/c1-19(2,3)15-7-16(20(21,22)23)29-17(26-15)6-14(27-29)12-4-5-28(10-12)18(30)13-8-24-11-25-9-13/h6,8-9,11-12,15-16,26H,4-5,7,10H2,1-3H3/t12?,15-,16+/m0/s1. The maximum atomic E-state index is 13.8. The third-order valence-corrected chi connectivity index (χ3v) is 5.96. The van der Waals surface area contributed by atoms with Crippen LogP contribution < -0.4 is 5.32 Å². The Hall–Kier alpha value is -2.65. The van der Waals surface area contributed by atoms with E-state index in [1.54, 1.807) is 11.0 Å². The lowest BCUT2D eigenvalue weighted by molar-refractivity contribution is -0.175. The zero-order valence-corrected chi connectivity index (χ0v) is 17.1. The number of halogens is 3. The lowest BCUT2D eigenvalue weighted by Crippen LogP contribution is -2.44. The van der Waals surface area contributed by atoms with E-state index in [4.69, 9.17) is 0 Å². The number of anilines is 1. The summed E-state index contributed by atoms with van der Waals surface area (Å²) in [5.74, 6) is 0.0985. The van der Waals surface area contributed by atoms with Gasteiger partial charge in [-0.1, -0.05) is 20.8 Å². The van der Waals surface area contributed by atoms with Crippen LogP contribution in [0.2, 0.25) is 0 Å². The van der Waals surface area contributed by atoms with E-state index in [0.717, 1.165) is 4.68 Å². The number of carbonyl (C=O) groups excluding carboxylic acids is 1. The van der Waals surface area contributed by atoms with Gasteiger partial charge in [0.2, 0.25) is 0 Å². The highest BCUT2D eigenvalue weighted by Gasteiger charge is 2.48. The molecule has 2 aromatic heterocycles. The van der Waals surface area contributed by atoms with Crippen LogP contribution in [-0.2, 0) is 0 Å². The fourth-order valence-corrected chi connectivity index (χ4v) is 4.14. The molecule has 2 aliphatic rings. The average molecular weight is 422 g/mol. The van der Waals surface area contributed by atoms with Crippen molar-refractivity contribution in [3.8, 4) is 0 Å². The third-order valence-electron chi connectivity index (χ3n) is 5.96. The number of amides is 1. The fraction of sp³-hybridized carbons (Fsp3) is 0.600. The molecule has 2 aliphatic heterocycles. The molecule has 1 unspecified atom stereocenters. The summed E-state index contributed by atoms with van der Waals surface area (Å²) in [4.78, 5) is 22.0. The molecule has 7 nitrogen and oxygen atoms in total. The maximum absolute atomic E-state index is 13.8. The minimum Gasteiger partial charge on any atom is -0.367 e. The van der Waals surface area contributed by atoms with Crippen LogP contribution in [0, 0.1) is 5.41 Å². The van der Waals surface area contributed by atoms with Crippen molar-refractivity contribution in [3.05, 3.63) is 36.0 Å². The summed E-state index contributed by atoms with van der Waals surface area (Å²) in [6.45, 7) is 6.71. The summed E-state index contributed by atoms with van der Waals surface area (Å²) in [5.41, 5.74) is 0.656. The number of hydrogen-bond acceptors (Lipinski definition) is 5. The van der Waals surface area contributed by atoms with Gasteiger partial charge in [-0.15, -0.1) is 0 Å². The van der Waals surface area contributed by atoms with Crippen LogP contribution in [0.3, 0.4) is 0 Å². The lowest BCUT2D eigenvalue weighted by Gasteiger charge is -2.39. The highest BCUT2D eigenvalue weighted by atomic mass is 19.4. The molecule has 1 saturated heterocycles. The topological polar surface area (TPSA) is 75.9 Å². The van der Waals surface area contributed by atoms with E-state index in [1.165, 1.54) is 18.7 Å². The maximum Gasteiger partial charge on any atom is 0.410 e. The molecule has 10 heteroatoms. The normalized spacial score (nSPS) is 24.5. The Labute approximate surface area is 172 Å². The Kier molecular flexibility index (Phi) is 4.98. The van der Waals surface area contributed by atoms with E-state index in [9.17, 15) is 18.0 Å². The van der Waals surface area contributed by atoms with Crippen LogP contribution in [0.1, 0.15) is 61.6 Å². The molecular formula is C20H25F3N6O. The summed E-state index contributed by atoms with van der Waals surface area (Å²) < 4.78 is 42.4. The number of hydrogen-bond donors (Lipinski definition) is 1. The van der Waals surface area contributed by atoms with Crippen molar-refractivity contribution < 1.29 is 18.0 Å². The largest absolute Gasteiger partial charge is 0.410 e. The zero-order chi connectivity index (χ0) is 21.7. The van der Waals surface area contributed by atoms with Crippen molar-refractivity contribution in [2.45, 2.75) is 57.8 Å². The van der Waals surface area contributed by atoms with Crippen LogP contribution in [0.5, 0.6) is 0 Å². The first kappa shape index (κ1) is 20.6. The number of likely N-dealkylation sites (tertiary alicyclic amines) is 1. The van der Waals surface area contributed by atoms with E-state index in [0.29, 0.717) is 36.6 Å². The minimum atomic E-state index is -4.38. The first-order chi connectivity index (χ1) is 14.0. The van der Waals surface area contributed by atoms with E-state index in [1.807, 2.05) is 20.8 Å². The molecule has 1 fully saturated rings. The first-order valence-corrected chi connectivity index (χ1v) is 10.0. The Morgan fingerprint density at radius 3 is 2.53 bits per heavy atom. The second kappa shape index (κ2) is 7.24. The van der Waals surface area contributed by atoms with Gasteiger partial charge in [0.05, 0.1) is 11.3 Å². The van der Waals surface area contributed by atoms with Gasteiger partial charge in [-0.05, 0) is 18.3 Å². The molecule has 1 amide bonds. The molecule has 0 bridgehead atoms. The number of nitrogens with zero attached hydrogens (tertiary/aromatic N) is 5. The zero-order valence-electron chi connectivity index (χ0n) is 17.1. The number of alkyl halides is 3. The molecule has 0 saturated carbocycles. The smallest absolute Gasteiger partial charge is 0.367 e. The molecule has 0 radical (unpaired) electrons. The highest BCUT2D eigenvalue weighted by molar-refractivity contribution is 5.93. The predicted octanol–water partition coefficient (Wildman–Crippen LogP) is 3.64. The van der Waals surface area contributed by atoms with Crippen LogP contribution in [0.4, 0.5) is 19.0 Å². The lowest BCUT2D eigenvalue weighted by atomic mass is 9.82. The second-order valence-electron chi connectivity index (χ2n) is 9.12. The third kappa shape index (κ3) is 3.87. The first-order valence-electron chi connectivity index (χ1n) is 10.0.